The highest BCUT2D eigenvalue weighted by molar-refractivity contribution is 7.89. The normalized spacial score (nSPS) is 12.9. The van der Waals surface area contributed by atoms with E-state index < -0.39 is 10.0 Å². The van der Waals surface area contributed by atoms with Gasteiger partial charge in [0.05, 0.1) is 6.04 Å². The first-order chi connectivity index (χ1) is 10.3. The molecular formula is C14H18N4O3S. The Balaban J connectivity index is 2.20. The summed E-state index contributed by atoms with van der Waals surface area (Å²) in [4.78, 5) is 16.4. The highest BCUT2D eigenvalue weighted by Crippen LogP contribution is 2.15. The summed E-state index contributed by atoms with van der Waals surface area (Å²) in [6.45, 7) is 1.84. The van der Waals surface area contributed by atoms with Gasteiger partial charge in [0.2, 0.25) is 10.0 Å². The van der Waals surface area contributed by atoms with E-state index in [4.69, 9.17) is 0 Å². The number of sulfonamides is 1. The van der Waals surface area contributed by atoms with Gasteiger partial charge >= 0.3 is 0 Å². The zero-order valence-corrected chi connectivity index (χ0v) is 13.4. The molecule has 7 nitrogen and oxygen atoms in total. The Morgan fingerprint density at radius 2 is 2.14 bits per heavy atom. The van der Waals surface area contributed by atoms with Crippen LogP contribution in [-0.4, -0.2) is 30.9 Å². The summed E-state index contributed by atoms with van der Waals surface area (Å²) in [5, 5.41) is 2.82. The van der Waals surface area contributed by atoms with Gasteiger partial charge in [-0.25, -0.2) is 13.1 Å². The molecule has 0 aliphatic heterocycles. The molecule has 0 aliphatic carbocycles. The fraction of sp³-hybridized carbons (Fsp3) is 0.286. The van der Waals surface area contributed by atoms with Gasteiger partial charge in [0.1, 0.15) is 10.6 Å². The van der Waals surface area contributed by atoms with Crippen LogP contribution >= 0.6 is 0 Å². The fourth-order valence-corrected chi connectivity index (χ4v) is 2.81. The van der Waals surface area contributed by atoms with E-state index in [0.29, 0.717) is 0 Å². The Morgan fingerprint density at radius 3 is 2.73 bits per heavy atom. The number of amides is 1. The lowest BCUT2D eigenvalue weighted by Gasteiger charge is -2.14. The molecule has 22 heavy (non-hydrogen) atoms. The molecule has 0 saturated heterocycles. The Bertz CT molecular complexity index is 769. The molecule has 0 saturated carbocycles. The van der Waals surface area contributed by atoms with Gasteiger partial charge in [0.15, 0.2) is 0 Å². The summed E-state index contributed by atoms with van der Waals surface area (Å²) >= 11 is 0. The van der Waals surface area contributed by atoms with E-state index in [1.54, 1.807) is 25.5 Å². The first-order valence-corrected chi connectivity index (χ1v) is 8.14. The van der Waals surface area contributed by atoms with Crippen LogP contribution in [0.15, 0.2) is 41.7 Å². The third kappa shape index (κ3) is 3.34. The van der Waals surface area contributed by atoms with Crippen molar-refractivity contribution >= 4 is 15.9 Å². The molecule has 2 aromatic rings. The zero-order chi connectivity index (χ0) is 16.3. The van der Waals surface area contributed by atoms with Gasteiger partial charge in [-0.05, 0) is 31.7 Å². The maximum Gasteiger partial charge on any atom is 0.268 e. The molecule has 0 aliphatic rings. The van der Waals surface area contributed by atoms with Crippen LogP contribution in [0.3, 0.4) is 0 Å². The molecule has 2 N–H and O–H groups in total. The summed E-state index contributed by atoms with van der Waals surface area (Å²) in [6, 6.07) is 4.76. The van der Waals surface area contributed by atoms with Gasteiger partial charge in [-0.15, -0.1) is 0 Å². The van der Waals surface area contributed by atoms with Crippen molar-refractivity contribution in [2.45, 2.75) is 17.9 Å². The average molecular weight is 322 g/mol. The number of carbonyl (C=O) groups is 1. The van der Waals surface area contributed by atoms with Crippen LogP contribution in [0.25, 0.3) is 0 Å². The minimum Gasteiger partial charge on any atom is -0.345 e. The maximum atomic E-state index is 12.3. The van der Waals surface area contributed by atoms with Crippen LogP contribution in [0.1, 0.15) is 29.0 Å². The number of rotatable bonds is 5. The van der Waals surface area contributed by atoms with Crippen molar-refractivity contribution in [3.8, 4) is 0 Å². The van der Waals surface area contributed by atoms with Crippen LogP contribution in [0, 0.1) is 0 Å². The maximum absolute atomic E-state index is 12.3. The molecule has 2 aromatic heterocycles. The highest BCUT2D eigenvalue weighted by Gasteiger charge is 2.20. The lowest BCUT2D eigenvalue weighted by molar-refractivity contribution is 0.0931. The van der Waals surface area contributed by atoms with E-state index in [-0.39, 0.29) is 22.5 Å². The number of nitrogens with one attached hydrogen (secondary N) is 2. The minimum absolute atomic E-state index is 0.0525. The Labute approximate surface area is 129 Å². The number of nitrogens with zero attached hydrogens (tertiary/aromatic N) is 2. The standard InChI is InChI=1S/C14H18N4O3S/c1-10(11-5-4-6-16-8-11)17-14(19)13-7-12(9-18(13)3)22(20,21)15-2/h4-10,15H,1-3H3,(H,17,19)/t10-/m1/s1. The topological polar surface area (TPSA) is 93.1 Å². The largest absolute Gasteiger partial charge is 0.345 e. The summed E-state index contributed by atoms with van der Waals surface area (Å²) in [5.41, 5.74) is 1.14. The van der Waals surface area contributed by atoms with Crippen LogP contribution in [0.5, 0.6) is 0 Å². The highest BCUT2D eigenvalue weighted by atomic mass is 32.2. The molecule has 0 spiro atoms. The van der Waals surface area contributed by atoms with Crippen molar-refractivity contribution in [3.05, 3.63) is 48.0 Å². The summed E-state index contributed by atoms with van der Waals surface area (Å²) in [6.07, 6.45) is 4.73. The number of hydrogen-bond acceptors (Lipinski definition) is 4. The van der Waals surface area contributed by atoms with E-state index in [1.807, 2.05) is 13.0 Å². The lowest BCUT2D eigenvalue weighted by Crippen LogP contribution is -2.28. The fourth-order valence-electron chi connectivity index (χ4n) is 2.01. The number of carbonyl (C=O) groups excluding carboxylic acids is 1. The van der Waals surface area contributed by atoms with Gasteiger partial charge in [-0.1, -0.05) is 6.07 Å². The van der Waals surface area contributed by atoms with E-state index in [9.17, 15) is 13.2 Å². The van der Waals surface area contributed by atoms with Crippen LogP contribution < -0.4 is 10.0 Å². The second-order valence-electron chi connectivity index (χ2n) is 4.86. The quantitative estimate of drug-likeness (QED) is 0.852. The second-order valence-corrected chi connectivity index (χ2v) is 6.75. The second kappa shape index (κ2) is 6.29. The number of hydrogen-bond donors (Lipinski definition) is 2. The SMILES string of the molecule is CNS(=O)(=O)c1cc(C(=O)N[C@H](C)c2cccnc2)n(C)c1. The summed E-state index contributed by atoms with van der Waals surface area (Å²) < 4.78 is 27.2. The van der Waals surface area contributed by atoms with E-state index in [1.165, 1.54) is 23.9 Å². The molecule has 2 rings (SSSR count). The Hall–Kier alpha value is -2.19. The van der Waals surface area contributed by atoms with Crippen molar-refractivity contribution < 1.29 is 13.2 Å². The van der Waals surface area contributed by atoms with Crippen LogP contribution in [-0.2, 0) is 17.1 Å². The predicted molar refractivity (Wildman–Crippen MR) is 81.8 cm³/mol. The number of pyridine rings is 1. The molecule has 118 valence electrons. The third-order valence-electron chi connectivity index (χ3n) is 3.32. The molecule has 0 fully saturated rings. The van der Waals surface area contributed by atoms with E-state index in [0.717, 1.165) is 5.56 Å². The van der Waals surface area contributed by atoms with Crippen molar-refractivity contribution in [1.29, 1.82) is 0 Å². The van der Waals surface area contributed by atoms with Crippen molar-refractivity contribution in [2.75, 3.05) is 7.05 Å². The number of aromatic nitrogens is 2. The molecule has 0 unspecified atom stereocenters. The van der Waals surface area contributed by atoms with Gasteiger partial charge in [-0.3, -0.25) is 9.78 Å². The molecule has 0 aromatic carbocycles. The Kier molecular flexibility index (Phi) is 4.62. The molecule has 8 heteroatoms. The zero-order valence-electron chi connectivity index (χ0n) is 12.6. The summed E-state index contributed by atoms with van der Waals surface area (Å²) in [5.74, 6) is -0.351. The lowest BCUT2D eigenvalue weighted by atomic mass is 10.1. The molecule has 0 bridgehead atoms. The van der Waals surface area contributed by atoms with E-state index >= 15 is 0 Å². The van der Waals surface area contributed by atoms with Crippen molar-refractivity contribution in [2.24, 2.45) is 7.05 Å². The average Bonchev–Trinajstić information content (AvgIpc) is 2.91. The summed E-state index contributed by atoms with van der Waals surface area (Å²) in [7, 11) is -0.626. The molecule has 2 heterocycles. The third-order valence-corrected chi connectivity index (χ3v) is 4.70. The molecule has 1 amide bonds. The minimum atomic E-state index is -3.57. The molecule has 1 atom stereocenters. The van der Waals surface area contributed by atoms with Crippen LogP contribution in [0.4, 0.5) is 0 Å². The van der Waals surface area contributed by atoms with Crippen molar-refractivity contribution in [3.63, 3.8) is 0 Å². The smallest absolute Gasteiger partial charge is 0.268 e. The number of aryl methyl sites for hydroxylation is 1. The first kappa shape index (κ1) is 16.2. The Morgan fingerprint density at radius 1 is 1.41 bits per heavy atom. The van der Waals surface area contributed by atoms with E-state index in [2.05, 4.69) is 15.0 Å². The van der Waals surface area contributed by atoms with Gasteiger partial charge in [-0.2, -0.15) is 0 Å². The van der Waals surface area contributed by atoms with Gasteiger partial charge < -0.3 is 9.88 Å². The monoisotopic (exact) mass is 322 g/mol. The first-order valence-electron chi connectivity index (χ1n) is 6.66. The predicted octanol–water partition coefficient (Wildman–Crippen LogP) is 0.819. The van der Waals surface area contributed by atoms with Crippen molar-refractivity contribution in [1.82, 2.24) is 19.6 Å². The van der Waals surface area contributed by atoms with Gasteiger partial charge in [0.25, 0.3) is 5.91 Å². The molecular weight excluding hydrogens is 304 g/mol. The van der Waals surface area contributed by atoms with Gasteiger partial charge in [0, 0.05) is 25.6 Å². The van der Waals surface area contributed by atoms with Crippen LogP contribution in [0.2, 0.25) is 0 Å². The molecule has 0 radical (unpaired) electrons.